The average molecular weight is 304 g/mol. The van der Waals surface area contributed by atoms with Crippen molar-refractivity contribution in [3.63, 3.8) is 0 Å². The molecule has 1 N–H and O–H groups in total. The van der Waals surface area contributed by atoms with Crippen molar-refractivity contribution in [3.05, 3.63) is 40.0 Å². The molecule has 1 amide bonds. The highest BCUT2D eigenvalue weighted by Gasteiger charge is 2.15. The Morgan fingerprint density at radius 1 is 1.38 bits per heavy atom. The summed E-state index contributed by atoms with van der Waals surface area (Å²) in [6, 6.07) is 3.67. The van der Waals surface area contributed by atoms with Crippen LogP contribution in [0.1, 0.15) is 35.1 Å². The van der Waals surface area contributed by atoms with E-state index >= 15 is 0 Å². The molecule has 2 aromatic rings. The van der Waals surface area contributed by atoms with E-state index in [1.54, 1.807) is 23.5 Å². The number of thiazole rings is 1. The maximum Gasteiger partial charge on any atom is 0.254 e. The second-order valence-corrected chi connectivity index (χ2v) is 5.59. The van der Waals surface area contributed by atoms with Gasteiger partial charge in [0.25, 0.3) is 5.91 Å². The first-order valence-corrected chi connectivity index (χ1v) is 7.89. The number of nitrogens with zero attached hydrogens (tertiary/aromatic N) is 3. The van der Waals surface area contributed by atoms with E-state index < -0.39 is 0 Å². The van der Waals surface area contributed by atoms with Crippen LogP contribution < -0.4 is 5.32 Å². The average Bonchev–Trinajstić information content (AvgIpc) is 2.99. The molecule has 0 saturated carbocycles. The van der Waals surface area contributed by atoms with E-state index in [2.05, 4.69) is 22.2 Å². The van der Waals surface area contributed by atoms with Crippen LogP contribution in [-0.2, 0) is 13.0 Å². The smallest absolute Gasteiger partial charge is 0.254 e. The highest BCUT2D eigenvalue weighted by molar-refractivity contribution is 7.07. The topological polar surface area (TPSA) is 58.1 Å². The largest absolute Gasteiger partial charge is 0.373 e. The normalized spacial score (nSPS) is 10.4. The fraction of sp³-hybridized carbons (Fsp3) is 0.400. The van der Waals surface area contributed by atoms with Crippen molar-refractivity contribution in [2.45, 2.75) is 26.3 Å². The van der Waals surface area contributed by atoms with Gasteiger partial charge in [0.05, 0.1) is 17.7 Å². The Morgan fingerprint density at radius 3 is 2.81 bits per heavy atom. The number of aryl methyl sites for hydroxylation is 1. The molecule has 21 heavy (non-hydrogen) atoms. The molecule has 6 heteroatoms. The van der Waals surface area contributed by atoms with Gasteiger partial charge in [-0.1, -0.05) is 13.3 Å². The molecular formula is C15H20N4OS. The summed E-state index contributed by atoms with van der Waals surface area (Å²) in [5.41, 5.74) is 4.29. The van der Waals surface area contributed by atoms with Crippen LogP contribution in [0.4, 0.5) is 5.82 Å². The number of nitrogens with one attached hydrogen (secondary N) is 1. The Kier molecular flexibility index (Phi) is 5.27. The Labute approximate surface area is 129 Å². The zero-order chi connectivity index (χ0) is 15.2. The van der Waals surface area contributed by atoms with E-state index in [4.69, 9.17) is 0 Å². The van der Waals surface area contributed by atoms with Gasteiger partial charge in [0.2, 0.25) is 0 Å². The van der Waals surface area contributed by atoms with E-state index in [1.807, 2.05) is 18.5 Å². The molecule has 2 aromatic heterocycles. The molecule has 0 atom stereocenters. The van der Waals surface area contributed by atoms with Crippen LogP contribution in [0.2, 0.25) is 0 Å². The van der Waals surface area contributed by atoms with Gasteiger partial charge in [-0.05, 0) is 18.6 Å². The second kappa shape index (κ2) is 7.17. The molecule has 0 aliphatic carbocycles. The van der Waals surface area contributed by atoms with Crippen molar-refractivity contribution in [3.8, 4) is 0 Å². The molecule has 0 spiro atoms. The molecule has 0 bridgehead atoms. The Hall–Kier alpha value is -1.95. The molecule has 0 aliphatic heterocycles. The third-order valence-electron chi connectivity index (χ3n) is 3.12. The number of rotatable bonds is 6. The number of hydrogen-bond donors (Lipinski definition) is 1. The highest BCUT2D eigenvalue weighted by Crippen LogP contribution is 2.15. The van der Waals surface area contributed by atoms with Crippen LogP contribution in [0.25, 0.3) is 0 Å². The molecule has 5 nitrogen and oxygen atoms in total. The minimum absolute atomic E-state index is 0.0146. The molecular weight excluding hydrogens is 284 g/mol. The van der Waals surface area contributed by atoms with Gasteiger partial charge >= 0.3 is 0 Å². The third kappa shape index (κ3) is 4.01. The van der Waals surface area contributed by atoms with Gasteiger partial charge in [-0.15, -0.1) is 11.3 Å². The van der Waals surface area contributed by atoms with Gasteiger partial charge in [0.15, 0.2) is 0 Å². The molecule has 0 unspecified atom stereocenters. The minimum Gasteiger partial charge on any atom is -0.373 e. The van der Waals surface area contributed by atoms with Gasteiger partial charge in [-0.25, -0.2) is 9.97 Å². The maximum atomic E-state index is 12.5. The van der Waals surface area contributed by atoms with Crippen LogP contribution in [0, 0.1) is 0 Å². The zero-order valence-corrected chi connectivity index (χ0v) is 13.4. The fourth-order valence-corrected chi connectivity index (χ4v) is 2.62. The van der Waals surface area contributed by atoms with Gasteiger partial charge in [-0.3, -0.25) is 4.79 Å². The van der Waals surface area contributed by atoms with E-state index in [1.165, 1.54) is 11.3 Å². The molecule has 0 aliphatic rings. The molecule has 0 fully saturated rings. The standard InChI is InChI=1S/C15H20N4OS/c1-4-5-12-6-11(7-14(16-2)18-12)15(20)19(3)8-13-9-21-10-17-13/h6-7,9-10H,4-5,8H2,1-3H3,(H,16,18). The van der Waals surface area contributed by atoms with Crippen LogP contribution in [0.5, 0.6) is 0 Å². The summed E-state index contributed by atoms with van der Waals surface area (Å²) in [6.07, 6.45) is 1.87. The van der Waals surface area contributed by atoms with Gasteiger partial charge in [0, 0.05) is 30.7 Å². The van der Waals surface area contributed by atoms with Gasteiger partial charge in [-0.2, -0.15) is 0 Å². The summed E-state index contributed by atoms with van der Waals surface area (Å²) >= 11 is 1.54. The molecule has 112 valence electrons. The molecule has 2 heterocycles. The first-order valence-electron chi connectivity index (χ1n) is 6.95. The van der Waals surface area contributed by atoms with Crippen LogP contribution in [-0.4, -0.2) is 34.9 Å². The Bertz CT molecular complexity index is 598. The lowest BCUT2D eigenvalue weighted by Crippen LogP contribution is -2.26. The van der Waals surface area contributed by atoms with Crippen molar-refractivity contribution in [1.29, 1.82) is 0 Å². The second-order valence-electron chi connectivity index (χ2n) is 4.87. The first-order chi connectivity index (χ1) is 10.1. The molecule has 2 rings (SSSR count). The maximum absolute atomic E-state index is 12.5. The van der Waals surface area contributed by atoms with Crippen LogP contribution in [0.15, 0.2) is 23.0 Å². The SMILES string of the molecule is CCCc1cc(C(=O)N(C)Cc2cscn2)cc(NC)n1. The lowest BCUT2D eigenvalue weighted by molar-refractivity contribution is 0.0783. The van der Waals surface area contributed by atoms with Crippen molar-refractivity contribution in [2.24, 2.45) is 0 Å². The lowest BCUT2D eigenvalue weighted by Gasteiger charge is -2.17. The van der Waals surface area contributed by atoms with E-state index in [0.717, 1.165) is 30.0 Å². The number of carbonyl (C=O) groups is 1. The number of anilines is 1. The summed E-state index contributed by atoms with van der Waals surface area (Å²) in [5, 5.41) is 4.97. The first kappa shape index (κ1) is 15.4. The number of hydrogen-bond acceptors (Lipinski definition) is 5. The minimum atomic E-state index is -0.0146. The zero-order valence-electron chi connectivity index (χ0n) is 12.6. The van der Waals surface area contributed by atoms with Gasteiger partial charge in [0.1, 0.15) is 5.82 Å². The predicted octanol–water partition coefficient (Wildman–Crippen LogP) is 2.80. The number of pyridine rings is 1. The summed E-state index contributed by atoms with van der Waals surface area (Å²) in [6.45, 7) is 2.62. The molecule has 0 aromatic carbocycles. The Balaban J connectivity index is 2.18. The van der Waals surface area contributed by atoms with Crippen LogP contribution in [0.3, 0.4) is 0 Å². The summed E-state index contributed by atoms with van der Waals surface area (Å²) in [7, 11) is 3.60. The highest BCUT2D eigenvalue weighted by atomic mass is 32.1. The van der Waals surface area contributed by atoms with Gasteiger partial charge < -0.3 is 10.2 Å². The lowest BCUT2D eigenvalue weighted by atomic mass is 10.1. The van der Waals surface area contributed by atoms with Crippen molar-refractivity contribution in [2.75, 3.05) is 19.4 Å². The summed E-state index contributed by atoms with van der Waals surface area (Å²) in [4.78, 5) is 22.9. The van der Waals surface area contributed by atoms with Crippen molar-refractivity contribution < 1.29 is 4.79 Å². The summed E-state index contributed by atoms with van der Waals surface area (Å²) in [5.74, 6) is 0.714. The fourth-order valence-electron chi connectivity index (χ4n) is 2.07. The number of amides is 1. The monoisotopic (exact) mass is 304 g/mol. The van der Waals surface area contributed by atoms with E-state index in [-0.39, 0.29) is 5.91 Å². The van der Waals surface area contributed by atoms with E-state index in [0.29, 0.717) is 12.1 Å². The number of aromatic nitrogens is 2. The van der Waals surface area contributed by atoms with Crippen LogP contribution >= 0.6 is 11.3 Å². The van der Waals surface area contributed by atoms with Crippen molar-refractivity contribution >= 4 is 23.1 Å². The number of carbonyl (C=O) groups excluding carboxylic acids is 1. The van der Waals surface area contributed by atoms with E-state index in [9.17, 15) is 4.79 Å². The summed E-state index contributed by atoms with van der Waals surface area (Å²) < 4.78 is 0. The van der Waals surface area contributed by atoms with Crippen molar-refractivity contribution in [1.82, 2.24) is 14.9 Å². The molecule has 0 radical (unpaired) electrons. The third-order valence-corrected chi connectivity index (χ3v) is 3.75. The predicted molar refractivity (Wildman–Crippen MR) is 85.7 cm³/mol. The molecule has 0 saturated heterocycles. The quantitative estimate of drug-likeness (QED) is 0.891. The Morgan fingerprint density at radius 2 is 2.19 bits per heavy atom.